The maximum atomic E-state index is 4.93. The molecule has 49 heavy (non-hydrogen) atoms. The highest BCUT2D eigenvalue weighted by Gasteiger charge is 2.27. The summed E-state index contributed by atoms with van der Waals surface area (Å²) in [5.74, 6) is 0. The van der Waals surface area contributed by atoms with Crippen molar-refractivity contribution in [3.8, 4) is 67.5 Å². The molecule has 0 saturated heterocycles. The van der Waals surface area contributed by atoms with Crippen molar-refractivity contribution in [2.45, 2.75) is 0 Å². The largest absolute Gasteiger partial charge is 0.256 e. The van der Waals surface area contributed by atoms with E-state index in [-0.39, 0.29) is 0 Å². The molecule has 0 N–H and O–H groups in total. The number of rotatable bonds is 6. The van der Waals surface area contributed by atoms with E-state index in [0.29, 0.717) is 0 Å². The van der Waals surface area contributed by atoms with Crippen molar-refractivity contribution in [3.05, 3.63) is 159 Å². The quantitative estimate of drug-likeness (QED) is 0.179. The number of nitrogens with zero attached hydrogens (tertiary/aromatic N) is 6. The van der Waals surface area contributed by atoms with Gasteiger partial charge in [0.25, 0.3) is 0 Å². The van der Waals surface area contributed by atoms with Crippen LogP contribution in [0.1, 0.15) is 0 Å². The normalized spacial score (nSPS) is 11.3. The van der Waals surface area contributed by atoms with Crippen LogP contribution >= 0.6 is 11.3 Å². The Labute approximate surface area is 286 Å². The van der Waals surface area contributed by atoms with Crippen molar-refractivity contribution >= 4 is 31.5 Å². The molecular formula is C42H26N6S. The van der Waals surface area contributed by atoms with Gasteiger partial charge in [0, 0.05) is 90.7 Å². The summed E-state index contributed by atoms with van der Waals surface area (Å²) in [6.45, 7) is 0. The van der Waals surface area contributed by atoms with Crippen LogP contribution in [0, 0.1) is 0 Å². The molecule has 7 heterocycles. The topological polar surface area (TPSA) is 77.3 Å². The fraction of sp³-hybridized carbons (Fsp3) is 0. The maximum Gasteiger partial charge on any atom is 0.0723 e. The molecule has 230 valence electrons. The minimum absolute atomic E-state index is 0.858. The van der Waals surface area contributed by atoms with Gasteiger partial charge in [-0.25, -0.2) is 0 Å². The van der Waals surface area contributed by atoms with E-state index in [1.54, 1.807) is 11.3 Å². The van der Waals surface area contributed by atoms with E-state index in [2.05, 4.69) is 48.5 Å². The zero-order valence-electron chi connectivity index (χ0n) is 26.1. The number of thiophene rings is 1. The van der Waals surface area contributed by atoms with Gasteiger partial charge >= 0.3 is 0 Å². The van der Waals surface area contributed by atoms with Crippen LogP contribution in [-0.2, 0) is 0 Å². The van der Waals surface area contributed by atoms with Gasteiger partial charge in [-0.1, -0.05) is 36.4 Å². The Bertz CT molecular complexity index is 2380. The second kappa shape index (κ2) is 12.3. The third kappa shape index (κ3) is 5.04. The molecule has 0 amide bonds. The first-order chi connectivity index (χ1) is 24.3. The van der Waals surface area contributed by atoms with Crippen LogP contribution in [0.4, 0.5) is 0 Å². The monoisotopic (exact) mass is 646 g/mol. The molecule has 9 aromatic rings. The maximum absolute atomic E-state index is 4.93. The third-order valence-corrected chi connectivity index (χ3v) is 9.88. The number of benzene rings is 2. The Balaban J connectivity index is 1.52. The van der Waals surface area contributed by atoms with Crippen molar-refractivity contribution in [1.82, 2.24) is 29.9 Å². The van der Waals surface area contributed by atoms with Crippen LogP contribution in [0.2, 0.25) is 0 Å². The molecule has 0 unspecified atom stereocenters. The highest BCUT2D eigenvalue weighted by molar-refractivity contribution is 7.27. The van der Waals surface area contributed by atoms with Gasteiger partial charge in [-0.3, -0.25) is 29.9 Å². The van der Waals surface area contributed by atoms with Gasteiger partial charge < -0.3 is 0 Å². The van der Waals surface area contributed by atoms with Gasteiger partial charge in [0.05, 0.1) is 34.2 Å². The van der Waals surface area contributed by atoms with Crippen molar-refractivity contribution < 1.29 is 0 Å². The summed E-state index contributed by atoms with van der Waals surface area (Å²) in [6.07, 6.45) is 11.1. The highest BCUT2D eigenvalue weighted by Crippen LogP contribution is 2.53. The van der Waals surface area contributed by atoms with Crippen molar-refractivity contribution in [3.63, 3.8) is 0 Å². The predicted octanol–water partition coefficient (Wildman–Crippen LogP) is 10.4. The molecule has 6 nitrogen and oxygen atoms in total. The molecule has 0 bridgehead atoms. The van der Waals surface area contributed by atoms with Crippen LogP contribution in [0.15, 0.2) is 159 Å². The van der Waals surface area contributed by atoms with Gasteiger partial charge in [-0.2, -0.15) is 0 Å². The number of aromatic nitrogens is 6. The second-order valence-electron chi connectivity index (χ2n) is 11.5. The third-order valence-electron chi connectivity index (χ3n) is 8.62. The van der Waals surface area contributed by atoms with Gasteiger partial charge in [0.1, 0.15) is 0 Å². The lowest BCUT2D eigenvalue weighted by Gasteiger charge is -2.17. The first-order valence-corrected chi connectivity index (χ1v) is 16.8. The van der Waals surface area contributed by atoms with Crippen LogP contribution in [0.25, 0.3) is 87.7 Å². The molecule has 9 rings (SSSR count). The number of hydrogen-bond donors (Lipinski definition) is 0. The predicted molar refractivity (Wildman–Crippen MR) is 199 cm³/mol. The number of pyridine rings is 6. The summed E-state index contributed by atoms with van der Waals surface area (Å²) in [6, 6.07) is 40.8. The zero-order valence-corrected chi connectivity index (χ0v) is 26.9. The van der Waals surface area contributed by atoms with Crippen LogP contribution < -0.4 is 0 Å². The van der Waals surface area contributed by atoms with Gasteiger partial charge in [0.2, 0.25) is 0 Å². The molecule has 0 aliphatic rings. The average Bonchev–Trinajstić information content (AvgIpc) is 3.56. The van der Waals surface area contributed by atoms with Crippen LogP contribution in [0.3, 0.4) is 0 Å². The number of hydrogen-bond acceptors (Lipinski definition) is 7. The molecule has 0 spiro atoms. The Kier molecular flexibility index (Phi) is 7.22. The smallest absolute Gasteiger partial charge is 0.0723 e. The molecule has 7 heteroatoms. The van der Waals surface area contributed by atoms with E-state index in [0.717, 1.165) is 87.7 Å². The van der Waals surface area contributed by atoms with Crippen molar-refractivity contribution in [2.75, 3.05) is 0 Å². The minimum atomic E-state index is 0.858. The fourth-order valence-electron chi connectivity index (χ4n) is 6.56. The summed E-state index contributed by atoms with van der Waals surface area (Å²) >= 11 is 1.75. The zero-order chi connectivity index (χ0) is 32.6. The SMILES string of the molecule is c1ccc(-c2cc3c(sc4c(-c5ccccn5)c(-c5ccccn5)c(-c5ccccn5)cc43)c(-c3ccccn3)c2-c2ccccn2)nc1. The molecule has 0 radical (unpaired) electrons. The first kappa shape index (κ1) is 28.8. The van der Waals surface area contributed by atoms with Crippen LogP contribution in [-0.4, -0.2) is 29.9 Å². The fourth-order valence-corrected chi connectivity index (χ4v) is 7.93. The first-order valence-electron chi connectivity index (χ1n) is 15.9. The summed E-state index contributed by atoms with van der Waals surface area (Å²) in [7, 11) is 0. The van der Waals surface area contributed by atoms with Crippen molar-refractivity contribution in [2.24, 2.45) is 0 Å². The van der Waals surface area contributed by atoms with E-state index in [9.17, 15) is 0 Å². The molecular weight excluding hydrogens is 621 g/mol. The summed E-state index contributed by atoms with van der Waals surface area (Å²) in [4.78, 5) is 29.3. The van der Waals surface area contributed by atoms with E-state index < -0.39 is 0 Å². The van der Waals surface area contributed by atoms with E-state index in [4.69, 9.17) is 29.9 Å². The lowest BCUT2D eigenvalue weighted by atomic mass is 9.88. The molecule has 2 aromatic carbocycles. The van der Waals surface area contributed by atoms with E-state index >= 15 is 0 Å². The summed E-state index contributed by atoms with van der Waals surface area (Å²) < 4.78 is 2.22. The van der Waals surface area contributed by atoms with Crippen LogP contribution in [0.5, 0.6) is 0 Å². The van der Waals surface area contributed by atoms with Crippen molar-refractivity contribution in [1.29, 1.82) is 0 Å². The lowest BCUT2D eigenvalue weighted by molar-refractivity contribution is 1.29. The van der Waals surface area contributed by atoms with E-state index in [1.807, 2.05) is 110 Å². The molecule has 0 aliphatic heterocycles. The Hall–Kier alpha value is -6.44. The lowest BCUT2D eigenvalue weighted by Crippen LogP contribution is -1.96. The molecule has 0 aliphatic carbocycles. The minimum Gasteiger partial charge on any atom is -0.256 e. The Morgan fingerprint density at radius 3 is 0.878 bits per heavy atom. The molecule has 0 atom stereocenters. The second-order valence-corrected chi connectivity index (χ2v) is 12.5. The Morgan fingerprint density at radius 1 is 0.306 bits per heavy atom. The number of fused-ring (bicyclic) bond motifs is 3. The summed E-state index contributed by atoms with van der Waals surface area (Å²) in [5, 5.41) is 2.20. The van der Waals surface area contributed by atoms with Gasteiger partial charge in [-0.15, -0.1) is 11.3 Å². The van der Waals surface area contributed by atoms with E-state index in [1.165, 1.54) is 0 Å². The summed E-state index contributed by atoms with van der Waals surface area (Å²) in [5.41, 5.74) is 11.2. The molecule has 7 aromatic heterocycles. The standard InChI is InChI=1S/C42H26N6S/c1-7-19-43-31(13-1)29-25-27-28-26-30(32-14-2-8-20-44-32)38(34-16-4-10-22-46-34)40(36-18-6-12-24-48-36)42(28)49-41(27)39(35-17-5-11-23-47-35)37(29)33-15-3-9-21-45-33/h1-26H. The molecule has 0 saturated carbocycles. The highest BCUT2D eigenvalue weighted by atomic mass is 32.1. The molecule has 0 fully saturated rings. The van der Waals surface area contributed by atoms with Gasteiger partial charge in [-0.05, 0) is 84.9 Å². The van der Waals surface area contributed by atoms with Gasteiger partial charge in [0.15, 0.2) is 0 Å². The Morgan fingerprint density at radius 2 is 0.592 bits per heavy atom. The average molecular weight is 647 g/mol.